The standard InChI is InChI=1S/C28H26FN3O3/c29-23-11-5-4-10-22(23)18-26-28(34)32(24-12-6-7-13-25(24)35-26)20-27(33)31-16-14-30(15-17-31)19-21-8-2-1-3-9-21/h1-13,18H,14-17,19-20H2/b26-18-. The number of nitrogens with zero attached hydrogens (tertiary/aromatic N) is 3. The Morgan fingerprint density at radius 2 is 1.57 bits per heavy atom. The summed E-state index contributed by atoms with van der Waals surface area (Å²) in [7, 11) is 0. The molecule has 3 aromatic carbocycles. The van der Waals surface area contributed by atoms with E-state index in [1.807, 2.05) is 18.2 Å². The highest BCUT2D eigenvalue weighted by Gasteiger charge is 2.33. The number of hydrogen-bond donors (Lipinski definition) is 0. The van der Waals surface area contributed by atoms with Crippen LogP contribution in [0.4, 0.5) is 10.1 Å². The third kappa shape index (κ3) is 5.10. The van der Waals surface area contributed by atoms with Crippen LogP contribution in [0.25, 0.3) is 6.08 Å². The Bertz CT molecular complexity index is 1250. The lowest BCUT2D eigenvalue weighted by Gasteiger charge is -2.36. The summed E-state index contributed by atoms with van der Waals surface area (Å²) in [4.78, 5) is 32.1. The quantitative estimate of drug-likeness (QED) is 0.529. The predicted octanol–water partition coefficient (Wildman–Crippen LogP) is 3.94. The van der Waals surface area contributed by atoms with Crippen molar-refractivity contribution in [2.24, 2.45) is 0 Å². The van der Waals surface area contributed by atoms with Crippen molar-refractivity contribution in [2.45, 2.75) is 6.54 Å². The summed E-state index contributed by atoms with van der Waals surface area (Å²) >= 11 is 0. The first-order chi connectivity index (χ1) is 17.1. The zero-order valence-corrected chi connectivity index (χ0v) is 19.3. The van der Waals surface area contributed by atoms with Gasteiger partial charge in [0.1, 0.15) is 12.4 Å². The van der Waals surface area contributed by atoms with Crippen LogP contribution in [0.3, 0.4) is 0 Å². The Hall–Kier alpha value is -3.97. The van der Waals surface area contributed by atoms with Crippen molar-refractivity contribution >= 4 is 23.6 Å². The van der Waals surface area contributed by atoms with E-state index in [-0.39, 0.29) is 23.8 Å². The molecular formula is C28H26FN3O3. The second-order valence-electron chi connectivity index (χ2n) is 8.63. The average molecular weight is 472 g/mol. The highest BCUT2D eigenvalue weighted by Crippen LogP contribution is 2.35. The molecule has 0 spiro atoms. The molecule has 178 valence electrons. The van der Waals surface area contributed by atoms with Gasteiger partial charge in [-0.3, -0.25) is 19.4 Å². The Morgan fingerprint density at radius 1 is 0.886 bits per heavy atom. The molecule has 5 rings (SSSR count). The van der Waals surface area contributed by atoms with Gasteiger partial charge in [-0.1, -0.05) is 60.7 Å². The topological polar surface area (TPSA) is 53.1 Å². The van der Waals surface area contributed by atoms with E-state index >= 15 is 0 Å². The van der Waals surface area contributed by atoms with Gasteiger partial charge in [0.15, 0.2) is 11.5 Å². The fourth-order valence-electron chi connectivity index (χ4n) is 4.38. The Labute approximate surface area is 203 Å². The summed E-state index contributed by atoms with van der Waals surface area (Å²) in [6, 6.07) is 23.5. The van der Waals surface area contributed by atoms with E-state index in [4.69, 9.17) is 4.74 Å². The van der Waals surface area contributed by atoms with Crippen molar-refractivity contribution in [2.75, 3.05) is 37.6 Å². The largest absolute Gasteiger partial charge is 0.449 e. The smallest absolute Gasteiger partial charge is 0.294 e. The van der Waals surface area contributed by atoms with Crippen LogP contribution in [0.5, 0.6) is 5.75 Å². The van der Waals surface area contributed by atoms with Crippen molar-refractivity contribution in [3.8, 4) is 5.75 Å². The lowest BCUT2D eigenvalue weighted by molar-refractivity contribution is -0.133. The minimum atomic E-state index is -0.469. The predicted molar refractivity (Wildman–Crippen MR) is 132 cm³/mol. The van der Waals surface area contributed by atoms with Gasteiger partial charge in [-0.15, -0.1) is 0 Å². The van der Waals surface area contributed by atoms with Gasteiger partial charge in [0, 0.05) is 38.3 Å². The molecule has 1 saturated heterocycles. The maximum Gasteiger partial charge on any atom is 0.294 e. The Morgan fingerprint density at radius 3 is 2.34 bits per heavy atom. The molecular weight excluding hydrogens is 445 g/mol. The number of rotatable bonds is 5. The molecule has 2 heterocycles. The van der Waals surface area contributed by atoms with Crippen LogP contribution in [0.15, 0.2) is 84.6 Å². The highest BCUT2D eigenvalue weighted by molar-refractivity contribution is 6.12. The minimum absolute atomic E-state index is 0.0192. The second-order valence-corrected chi connectivity index (χ2v) is 8.63. The van der Waals surface area contributed by atoms with Crippen molar-refractivity contribution in [3.05, 3.63) is 102 Å². The lowest BCUT2D eigenvalue weighted by Crippen LogP contribution is -2.52. The molecule has 1 fully saturated rings. The van der Waals surface area contributed by atoms with Crippen LogP contribution >= 0.6 is 0 Å². The van der Waals surface area contributed by atoms with Crippen molar-refractivity contribution in [1.29, 1.82) is 0 Å². The van der Waals surface area contributed by atoms with Crippen LogP contribution in [-0.2, 0) is 16.1 Å². The lowest BCUT2D eigenvalue weighted by atomic mass is 10.1. The van der Waals surface area contributed by atoms with Crippen LogP contribution in [0.2, 0.25) is 0 Å². The maximum absolute atomic E-state index is 14.2. The number of benzene rings is 3. The van der Waals surface area contributed by atoms with Gasteiger partial charge < -0.3 is 9.64 Å². The Kier molecular flexibility index (Phi) is 6.59. The number of anilines is 1. The number of para-hydroxylation sites is 2. The molecule has 35 heavy (non-hydrogen) atoms. The fraction of sp³-hybridized carbons (Fsp3) is 0.214. The summed E-state index contributed by atoms with van der Waals surface area (Å²) in [5, 5.41) is 0. The molecule has 2 aliphatic rings. The molecule has 0 atom stereocenters. The number of carbonyl (C=O) groups excluding carboxylic acids is 2. The van der Waals surface area contributed by atoms with Gasteiger partial charge in [0.2, 0.25) is 5.91 Å². The molecule has 7 heteroatoms. The molecule has 0 N–H and O–H groups in total. The SMILES string of the molecule is O=C(CN1C(=O)/C(=C/c2ccccc2F)Oc2ccccc21)N1CCN(Cc2ccccc2)CC1. The van der Waals surface area contributed by atoms with Crippen molar-refractivity contribution < 1.29 is 18.7 Å². The fourth-order valence-corrected chi connectivity index (χ4v) is 4.38. The molecule has 0 unspecified atom stereocenters. The number of amides is 2. The number of ether oxygens (including phenoxy) is 1. The number of fused-ring (bicyclic) bond motifs is 1. The van der Waals surface area contributed by atoms with Crippen molar-refractivity contribution in [3.63, 3.8) is 0 Å². The summed E-state index contributed by atoms with van der Waals surface area (Å²) in [5.41, 5.74) is 2.02. The first kappa shape index (κ1) is 22.8. The van der Waals surface area contributed by atoms with E-state index in [1.165, 1.54) is 22.6 Å². The van der Waals surface area contributed by atoms with E-state index in [2.05, 4.69) is 17.0 Å². The number of piperazine rings is 1. The molecule has 2 amide bonds. The summed E-state index contributed by atoms with van der Waals surface area (Å²) in [5.74, 6) is -0.613. The molecule has 0 aromatic heterocycles. The molecule has 0 saturated carbocycles. The second kappa shape index (κ2) is 10.1. The third-order valence-corrected chi connectivity index (χ3v) is 6.29. The van der Waals surface area contributed by atoms with Crippen LogP contribution < -0.4 is 9.64 Å². The molecule has 2 aliphatic heterocycles. The van der Waals surface area contributed by atoms with Crippen molar-refractivity contribution in [1.82, 2.24) is 9.80 Å². The monoisotopic (exact) mass is 471 g/mol. The van der Waals surface area contributed by atoms with E-state index in [1.54, 1.807) is 47.4 Å². The normalized spacial score (nSPS) is 17.3. The van der Waals surface area contributed by atoms with E-state index in [0.29, 0.717) is 24.5 Å². The van der Waals surface area contributed by atoms with Crippen LogP contribution in [0.1, 0.15) is 11.1 Å². The maximum atomic E-state index is 14.2. The van der Waals surface area contributed by atoms with Gasteiger partial charge in [-0.2, -0.15) is 0 Å². The van der Waals surface area contributed by atoms with E-state index in [9.17, 15) is 14.0 Å². The van der Waals surface area contributed by atoms with Gasteiger partial charge in [0.25, 0.3) is 5.91 Å². The van der Waals surface area contributed by atoms with Gasteiger partial charge in [-0.25, -0.2) is 4.39 Å². The van der Waals surface area contributed by atoms with Gasteiger partial charge in [0.05, 0.1) is 5.69 Å². The van der Waals surface area contributed by atoms with E-state index in [0.717, 1.165) is 19.6 Å². The van der Waals surface area contributed by atoms with Crippen LogP contribution in [0, 0.1) is 5.82 Å². The minimum Gasteiger partial charge on any atom is -0.449 e. The molecule has 6 nitrogen and oxygen atoms in total. The van der Waals surface area contributed by atoms with Gasteiger partial charge >= 0.3 is 0 Å². The number of carbonyl (C=O) groups is 2. The summed E-state index contributed by atoms with van der Waals surface area (Å²) in [6.07, 6.45) is 1.38. The zero-order valence-electron chi connectivity index (χ0n) is 19.3. The first-order valence-corrected chi connectivity index (χ1v) is 11.7. The molecule has 0 bridgehead atoms. The molecule has 0 radical (unpaired) electrons. The highest BCUT2D eigenvalue weighted by atomic mass is 19.1. The zero-order chi connectivity index (χ0) is 24.2. The number of halogens is 1. The average Bonchev–Trinajstić information content (AvgIpc) is 2.89. The van der Waals surface area contributed by atoms with Crippen LogP contribution in [-0.4, -0.2) is 54.3 Å². The number of hydrogen-bond acceptors (Lipinski definition) is 4. The Balaban J connectivity index is 1.29. The molecule has 3 aromatic rings. The van der Waals surface area contributed by atoms with Gasteiger partial charge in [-0.05, 0) is 29.8 Å². The van der Waals surface area contributed by atoms with E-state index < -0.39 is 11.7 Å². The summed E-state index contributed by atoms with van der Waals surface area (Å²) < 4.78 is 20.0. The first-order valence-electron chi connectivity index (χ1n) is 11.7. The summed E-state index contributed by atoms with van der Waals surface area (Å²) in [6.45, 7) is 3.49. The molecule has 0 aliphatic carbocycles. The third-order valence-electron chi connectivity index (χ3n) is 6.29.